The fourth-order valence-electron chi connectivity index (χ4n) is 2.12. The molecule has 0 spiro atoms. The van der Waals surface area contributed by atoms with Gasteiger partial charge in [-0.25, -0.2) is 0 Å². The number of hydrogen-bond acceptors (Lipinski definition) is 0. The lowest BCUT2D eigenvalue weighted by molar-refractivity contribution is 0.686. The third kappa shape index (κ3) is 0.726. The molecular formula is C9H13. The molecule has 49 valence electrons. The van der Waals surface area contributed by atoms with E-state index in [0.717, 1.165) is 11.8 Å². The molecular weight excluding hydrogens is 108 g/mol. The first-order valence-corrected chi connectivity index (χ1v) is 3.93. The van der Waals surface area contributed by atoms with Gasteiger partial charge in [0, 0.05) is 0 Å². The van der Waals surface area contributed by atoms with E-state index in [-0.39, 0.29) is 0 Å². The van der Waals surface area contributed by atoms with Gasteiger partial charge in [-0.15, -0.1) is 0 Å². The van der Waals surface area contributed by atoms with Gasteiger partial charge < -0.3 is 0 Å². The SMILES string of the molecule is CC[C]1CC2C=CC1C2. The summed E-state index contributed by atoms with van der Waals surface area (Å²) in [4.78, 5) is 0. The summed E-state index contributed by atoms with van der Waals surface area (Å²) in [6.45, 7) is 2.28. The van der Waals surface area contributed by atoms with Crippen LogP contribution in [-0.2, 0) is 0 Å². The molecule has 0 heteroatoms. The Labute approximate surface area is 57.0 Å². The summed E-state index contributed by atoms with van der Waals surface area (Å²) in [6, 6.07) is 0. The predicted octanol–water partition coefficient (Wildman–Crippen LogP) is 2.57. The topological polar surface area (TPSA) is 0 Å². The molecule has 0 aromatic rings. The summed E-state index contributed by atoms with van der Waals surface area (Å²) in [5.74, 6) is 3.62. The summed E-state index contributed by atoms with van der Waals surface area (Å²) in [5, 5.41) is 0. The fourth-order valence-corrected chi connectivity index (χ4v) is 2.12. The molecule has 9 heavy (non-hydrogen) atoms. The number of fused-ring (bicyclic) bond motifs is 2. The third-order valence-electron chi connectivity index (χ3n) is 2.68. The van der Waals surface area contributed by atoms with Crippen LogP contribution in [0.3, 0.4) is 0 Å². The second-order valence-electron chi connectivity index (χ2n) is 3.20. The van der Waals surface area contributed by atoms with Crippen LogP contribution in [0.15, 0.2) is 12.2 Å². The molecule has 0 aromatic carbocycles. The summed E-state index contributed by atoms with van der Waals surface area (Å²) >= 11 is 0. The van der Waals surface area contributed by atoms with Gasteiger partial charge in [0.15, 0.2) is 0 Å². The van der Waals surface area contributed by atoms with E-state index >= 15 is 0 Å². The Balaban J connectivity index is 2.10. The zero-order valence-corrected chi connectivity index (χ0v) is 5.93. The third-order valence-corrected chi connectivity index (χ3v) is 2.68. The lowest BCUT2D eigenvalue weighted by Crippen LogP contribution is -2.01. The standard InChI is InChI=1S/C9H13/c1-2-8-5-7-3-4-9(8)6-7/h3-4,7,9H,2,5-6H2,1H3. The van der Waals surface area contributed by atoms with Crippen LogP contribution in [0, 0.1) is 17.8 Å². The Morgan fingerprint density at radius 1 is 1.56 bits per heavy atom. The van der Waals surface area contributed by atoms with Crippen molar-refractivity contribution in [3.05, 3.63) is 18.1 Å². The van der Waals surface area contributed by atoms with Crippen molar-refractivity contribution in [2.45, 2.75) is 26.2 Å². The Bertz CT molecular complexity index is 135. The van der Waals surface area contributed by atoms with Crippen molar-refractivity contribution in [3.8, 4) is 0 Å². The molecule has 2 unspecified atom stereocenters. The van der Waals surface area contributed by atoms with E-state index < -0.39 is 0 Å². The Morgan fingerprint density at radius 2 is 2.44 bits per heavy atom. The molecule has 0 aromatic heterocycles. The summed E-state index contributed by atoms with van der Waals surface area (Å²) in [6.07, 6.45) is 8.93. The minimum Gasteiger partial charge on any atom is -0.0851 e. The van der Waals surface area contributed by atoms with Crippen molar-refractivity contribution in [2.24, 2.45) is 11.8 Å². The van der Waals surface area contributed by atoms with Crippen molar-refractivity contribution >= 4 is 0 Å². The van der Waals surface area contributed by atoms with Crippen molar-refractivity contribution in [2.75, 3.05) is 0 Å². The van der Waals surface area contributed by atoms with Crippen molar-refractivity contribution < 1.29 is 0 Å². The average molecular weight is 121 g/mol. The molecule has 2 rings (SSSR count). The summed E-state index contributed by atoms with van der Waals surface area (Å²) < 4.78 is 0. The van der Waals surface area contributed by atoms with E-state index in [1.165, 1.54) is 19.3 Å². The number of rotatable bonds is 1. The maximum absolute atomic E-state index is 2.40. The first-order valence-electron chi connectivity index (χ1n) is 3.93. The van der Waals surface area contributed by atoms with Crippen LogP contribution < -0.4 is 0 Å². The molecule has 0 aliphatic heterocycles. The average Bonchev–Trinajstić information content (AvgIpc) is 2.45. The van der Waals surface area contributed by atoms with Gasteiger partial charge in [0.25, 0.3) is 0 Å². The number of allylic oxidation sites excluding steroid dienone is 2. The first-order chi connectivity index (χ1) is 4.40. The molecule has 0 N–H and O–H groups in total. The maximum atomic E-state index is 2.40. The predicted molar refractivity (Wildman–Crippen MR) is 38.9 cm³/mol. The molecule has 0 amide bonds. The molecule has 0 heterocycles. The van der Waals surface area contributed by atoms with Crippen LogP contribution >= 0.6 is 0 Å². The largest absolute Gasteiger partial charge is 0.0851 e. The van der Waals surface area contributed by atoms with E-state index in [9.17, 15) is 0 Å². The van der Waals surface area contributed by atoms with Gasteiger partial charge in [-0.1, -0.05) is 19.1 Å². The van der Waals surface area contributed by atoms with Gasteiger partial charge in [-0.3, -0.25) is 0 Å². The number of hydrogen-bond donors (Lipinski definition) is 0. The van der Waals surface area contributed by atoms with Crippen molar-refractivity contribution in [1.29, 1.82) is 0 Å². The van der Waals surface area contributed by atoms with Gasteiger partial charge in [-0.05, 0) is 37.0 Å². The van der Waals surface area contributed by atoms with Crippen LogP contribution in [0.1, 0.15) is 26.2 Å². The van der Waals surface area contributed by atoms with E-state index in [0.29, 0.717) is 0 Å². The molecule has 0 nitrogen and oxygen atoms in total. The molecule has 1 radical (unpaired) electrons. The zero-order valence-electron chi connectivity index (χ0n) is 5.93. The quantitative estimate of drug-likeness (QED) is 0.468. The van der Waals surface area contributed by atoms with Crippen molar-refractivity contribution in [3.63, 3.8) is 0 Å². The van der Waals surface area contributed by atoms with Gasteiger partial charge in [0.1, 0.15) is 0 Å². The van der Waals surface area contributed by atoms with Gasteiger partial charge in [0.05, 0.1) is 0 Å². The monoisotopic (exact) mass is 121 g/mol. The summed E-state index contributed by atoms with van der Waals surface area (Å²) in [7, 11) is 0. The first kappa shape index (κ1) is 5.52. The van der Waals surface area contributed by atoms with E-state index in [1.54, 1.807) is 5.92 Å². The van der Waals surface area contributed by atoms with Crippen LogP contribution in [0.2, 0.25) is 0 Å². The van der Waals surface area contributed by atoms with E-state index in [2.05, 4.69) is 19.1 Å². The lowest BCUT2D eigenvalue weighted by atomic mass is 9.91. The molecule has 2 atom stereocenters. The smallest absolute Gasteiger partial charge is 0.0166 e. The molecule has 2 bridgehead atoms. The van der Waals surface area contributed by atoms with Gasteiger partial charge in [0.2, 0.25) is 0 Å². The lowest BCUT2D eigenvalue weighted by Gasteiger charge is -2.13. The second kappa shape index (κ2) is 1.86. The van der Waals surface area contributed by atoms with Crippen LogP contribution in [-0.4, -0.2) is 0 Å². The Morgan fingerprint density at radius 3 is 2.78 bits per heavy atom. The molecule has 2 aliphatic carbocycles. The van der Waals surface area contributed by atoms with Gasteiger partial charge in [-0.2, -0.15) is 0 Å². The van der Waals surface area contributed by atoms with Gasteiger partial charge >= 0.3 is 0 Å². The maximum Gasteiger partial charge on any atom is -0.0166 e. The van der Waals surface area contributed by atoms with E-state index in [4.69, 9.17) is 0 Å². The highest BCUT2D eigenvalue weighted by Crippen LogP contribution is 2.45. The Kier molecular flexibility index (Phi) is 1.14. The van der Waals surface area contributed by atoms with Crippen LogP contribution in [0.5, 0.6) is 0 Å². The molecule has 1 saturated carbocycles. The minimum atomic E-state index is 0.889. The minimum absolute atomic E-state index is 0.889. The van der Waals surface area contributed by atoms with Crippen LogP contribution in [0.25, 0.3) is 0 Å². The second-order valence-corrected chi connectivity index (χ2v) is 3.20. The summed E-state index contributed by atoms with van der Waals surface area (Å²) in [5.41, 5.74) is 0. The van der Waals surface area contributed by atoms with Crippen LogP contribution in [0.4, 0.5) is 0 Å². The molecule has 1 fully saturated rings. The fraction of sp³-hybridized carbons (Fsp3) is 0.667. The highest BCUT2D eigenvalue weighted by atomic mass is 14.4. The molecule has 0 saturated heterocycles. The zero-order chi connectivity index (χ0) is 6.27. The normalized spacial score (nSPS) is 40.6. The highest BCUT2D eigenvalue weighted by molar-refractivity contribution is 5.21. The molecule has 2 aliphatic rings. The Hall–Kier alpha value is -0.260. The van der Waals surface area contributed by atoms with Crippen molar-refractivity contribution in [1.82, 2.24) is 0 Å². The highest BCUT2D eigenvalue weighted by Gasteiger charge is 2.34. The van der Waals surface area contributed by atoms with E-state index in [1.807, 2.05) is 0 Å².